The minimum atomic E-state index is -0.789. The Morgan fingerprint density at radius 2 is 2.00 bits per heavy atom. The zero-order valence-electron chi connectivity index (χ0n) is 11.7. The number of carbonyl (C=O) groups excluding carboxylic acids is 1. The summed E-state index contributed by atoms with van der Waals surface area (Å²) in [6, 6.07) is 0. The molecule has 0 radical (unpaired) electrons. The fourth-order valence-corrected chi connectivity index (χ4v) is 3.08. The molecule has 5 heteroatoms. The molecule has 1 N–H and O–H groups in total. The van der Waals surface area contributed by atoms with Crippen LogP contribution in [0.15, 0.2) is 0 Å². The summed E-state index contributed by atoms with van der Waals surface area (Å²) in [5, 5.41) is 9.06. The minimum Gasteiger partial charge on any atom is -0.481 e. The van der Waals surface area contributed by atoms with Crippen molar-refractivity contribution in [2.75, 3.05) is 19.7 Å². The molecule has 0 bridgehead atoms. The highest BCUT2D eigenvalue weighted by molar-refractivity contribution is 5.79. The van der Waals surface area contributed by atoms with Gasteiger partial charge in [-0.15, -0.1) is 0 Å². The van der Waals surface area contributed by atoms with Crippen LogP contribution < -0.4 is 0 Å². The summed E-state index contributed by atoms with van der Waals surface area (Å²) in [5.41, 5.74) is 0. The summed E-state index contributed by atoms with van der Waals surface area (Å²) < 4.78 is 5.48. The average Bonchev–Trinajstić information content (AvgIpc) is 2.68. The number of aliphatic carboxylic acids is 1. The normalized spacial score (nSPS) is 34.1. The molecule has 2 atom stereocenters. The summed E-state index contributed by atoms with van der Waals surface area (Å²) >= 11 is 0. The van der Waals surface area contributed by atoms with Crippen LogP contribution in [0.2, 0.25) is 0 Å². The van der Waals surface area contributed by atoms with Gasteiger partial charge in [0, 0.05) is 26.1 Å². The number of carboxylic acids is 1. The number of ether oxygens (including phenoxy) is 1. The molecule has 1 saturated carbocycles. The van der Waals surface area contributed by atoms with Crippen LogP contribution >= 0.6 is 0 Å². The molecule has 5 nitrogen and oxygen atoms in total. The zero-order chi connectivity index (χ0) is 14.0. The van der Waals surface area contributed by atoms with E-state index in [9.17, 15) is 9.59 Å². The molecule has 1 amide bonds. The van der Waals surface area contributed by atoms with Crippen molar-refractivity contribution in [1.82, 2.24) is 4.90 Å². The Labute approximate surface area is 113 Å². The first-order valence-corrected chi connectivity index (χ1v) is 7.13. The van der Waals surface area contributed by atoms with Gasteiger partial charge >= 0.3 is 5.97 Å². The fraction of sp³-hybridized carbons (Fsp3) is 0.857. The van der Waals surface area contributed by atoms with Gasteiger partial charge in [-0.1, -0.05) is 6.92 Å². The standard InChI is InChI=1S/C14H23NO4/c1-3-19-11-4-10(5-11)6-13(16)15-7-9(2)12(8-15)14(17)18/h9-12H,3-8H2,1-2H3,(H,17,18). The maximum Gasteiger partial charge on any atom is 0.308 e. The van der Waals surface area contributed by atoms with E-state index >= 15 is 0 Å². The smallest absolute Gasteiger partial charge is 0.308 e. The highest BCUT2D eigenvalue weighted by Crippen LogP contribution is 2.34. The van der Waals surface area contributed by atoms with E-state index in [2.05, 4.69) is 0 Å². The van der Waals surface area contributed by atoms with Crippen LogP contribution in [0.3, 0.4) is 0 Å². The van der Waals surface area contributed by atoms with Gasteiger partial charge in [-0.3, -0.25) is 9.59 Å². The van der Waals surface area contributed by atoms with Gasteiger partial charge in [0.15, 0.2) is 0 Å². The topological polar surface area (TPSA) is 66.8 Å². The lowest BCUT2D eigenvalue weighted by molar-refractivity contribution is -0.142. The summed E-state index contributed by atoms with van der Waals surface area (Å²) in [6.07, 6.45) is 2.80. The van der Waals surface area contributed by atoms with Crippen molar-refractivity contribution < 1.29 is 19.4 Å². The molecule has 0 aromatic rings. The van der Waals surface area contributed by atoms with Crippen molar-refractivity contribution in [3.05, 3.63) is 0 Å². The number of hydrogen-bond acceptors (Lipinski definition) is 3. The molecule has 2 aliphatic rings. The molecule has 1 aliphatic heterocycles. The predicted octanol–water partition coefficient (Wildman–Crippen LogP) is 1.37. The van der Waals surface area contributed by atoms with E-state index in [-0.39, 0.29) is 11.8 Å². The molecule has 2 fully saturated rings. The van der Waals surface area contributed by atoms with Crippen LogP contribution in [0.5, 0.6) is 0 Å². The van der Waals surface area contributed by atoms with Crippen molar-refractivity contribution in [3.8, 4) is 0 Å². The quantitative estimate of drug-likeness (QED) is 0.818. The second-order valence-corrected chi connectivity index (χ2v) is 5.84. The predicted molar refractivity (Wildman–Crippen MR) is 69.6 cm³/mol. The van der Waals surface area contributed by atoms with E-state index < -0.39 is 11.9 Å². The molecular weight excluding hydrogens is 246 g/mol. The van der Waals surface area contributed by atoms with E-state index in [0.717, 1.165) is 19.4 Å². The molecule has 19 heavy (non-hydrogen) atoms. The Morgan fingerprint density at radius 1 is 1.32 bits per heavy atom. The molecule has 0 spiro atoms. The third-order valence-electron chi connectivity index (χ3n) is 4.34. The van der Waals surface area contributed by atoms with Crippen LogP contribution in [0.1, 0.15) is 33.1 Å². The molecule has 108 valence electrons. The summed E-state index contributed by atoms with van der Waals surface area (Å²) in [7, 11) is 0. The molecule has 1 saturated heterocycles. The Balaban J connectivity index is 1.75. The molecule has 0 aromatic heterocycles. The first-order valence-electron chi connectivity index (χ1n) is 7.13. The molecule has 1 aliphatic carbocycles. The summed E-state index contributed by atoms with van der Waals surface area (Å²) in [5.74, 6) is -0.609. The van der Waals surface area contributed by atoms with Crippen LogP contribution in [-0.4, -0.2) is 47.7 Å². The fourth-order valence-electron chi connectivity index (χ4n) is 3.08. The largest absolute Gasteiger partial charge is 0.481 e. The van der Waals surface area contributed by atoms with E-state index in [4.69, 9.17) is 9.84 Å². The average molecular weight is 269 g/mol. The van der Waals surface area contributed by atoms with Crippen LogP contribution in [0.4, 0.5) is 0 Å². The Morgan fingerprint density at radius 3 is 2.53 bits per heavy atom. The van der Waals surface area contributed by atoms with Gasteiger partial charge in [0.2, 0.25) is 5.91 Å². The number of carboxylic acid groups (broad SMARTS) is 1. The van der Waals surface area contributed by atoms with Gasteiger partial charge in [0.25, 0.3) is 0 Å². The molecule has 2 unspecified atom stereocenters. The lowest BCUT2D eigenvalue weighted by Crippen LogP contribution is -2.37. The third-order valence-corrected chi connectivity index (χ3v) is 4.34. The van der Waals surface area contributed by atoms with E-state index in [1.807, 2.05) is 13.8 Å². The number of carbonyl (C=O) groups is 2. The van der Waals surface area contributed by atoms with E-state index in [1.54, 1.807) is 4.90 Å². The highest BCUT2D eigenvalue weighted by Gasteiger charge is 2.38. The number of likely N-dealkylation sites (tertiary alicyclic amines) is 1. The second-order valence-electron chi connectivity index (χ2n) is 5.84. The second kappa shape index (κ2) is 5.90. The SMILES string of the molecule is CCOC1CC(CC(=O)N2CC(C)C(C(=O)O)C2)C1. The lowest BCUT2D eigenvalue weighted by atomic mass is 9.80. The van der Waals surface area contributed by atoms with E-state index in [1.165, 1.54) is 0 Å². The Hall–Kier alpha value is -1.10. The number of amides is 1. The van der Waals surface area contributed by atoms with Crippen molar-refractivity contribution >= 4 is 11.9 Å². The molecule has 2 rings (SSSR count). The molecule has 0 aromatic carbocycles. The van der Waals surface area contributed by atoms with Crippen molar-refractivity contribution in [3.63, 3.8) is 0 Å². The van der Waals surface area contributed by atoms with Crippen LogP contribution in [-0.2, 0) is 14.3 Å². The highest BCUT2D eigenvalue weighted by atomic mass is 16.5. The minimum absolute atomic E-state index is 0.0546. The van der Waals surface area contributed by atoms with Gasteiger partial charge in [0.05, 0.1) is 12.0 Å². The first-order chi connectivity index (χ1) is 9.01. The van der Waals surface area contributed by atoms with Gasteiger partial charge in [0.1, 0.15) is 0 Å². The van der Waals surface area contributed by atoms with Gasteiger partial charge in [-0.05, 0) is 31.6 Å². The maximum absolute atomic E-state index is 12.1. The first kappa shape index (κ1) is 14.3. The molecular formula is C14H23NO4. The van der Waals surface area contributed by atoms with Crippen molar-refractivity contribution in [2.24, 2.45) is 17.8 Å². The number of nitrogens with zero attached hydrogens (tertiary/aromatic N) is 1. The number of rotatable bonds is 5. The van der Waals surface area contributed by atoms with E-state index in [0.29, 0.717) is 31.5 Å². The zero-order valence-corrected chi connectivity index (χ0v) is 11.7. The maximum atomic E-state index is 12.1. The summed E-state index contributed by atoms with van der Waals surface area (Å²) in [4.78, 5) is 24.9. The Kier molecular flexibility index (Phi) is 4.45. The Bertz CT molecular complexity index is 351. The van der Waals surface area contributed by atoms with Crippen molar-refractivity contribution in [1.29, 1.82) is 0 Å². The monoisotopic (exact) mass is 269 g/mol. The lowest BCUT2D eigenvalue weighted by Gasteiger charge is -2.35. The summed E-state index contributed by atoms with van der Waals surface area (Å²) in [6.45, 7) is 5.57. The third kappa shape index (κ3) is 3.26. The van der Waals surface area contributed by atoms with Gasteiger partial charge in [-0.2, -0.15) is 0 Å². The number of hydrogen-bond donors (Lipinski definition) is 1. The van der Waals surface area contributed by atoms with Gasteiger partial charge < -0.3 is 14.7 Å². The van der Waals surface area contributed by atoms with Gasteiger partial charge in [-0.25, -0.2) is 0 Å². The van der Waals surface area contributed by atoms with Crippen LogP contribution in [0, 0.1) is 17.8 Å². The van der Waals surface area contributed by atoms with Crippen molar-refractivity contribution in [2.45, 2.75) is 39.2 Å². The molecule has 1 heterocycles. The van der Waals surface area contributed by atoms with Crippen LogP contribution in [0.25, 0.3) is 0 Å².